The fourth-order valence-corrected chi connectivity index (χ4v) is 2.21. The Kier molecular flexibility index (Phi) is 6.98. The number of benzene rings is 1. The topological polar surface area (TPSA) is 21.3 Å². The zero-order valence-corrected chi connectivity index (χ0v) is 13.6. The highest BCUT2D eigenvalue weighted by Crippen LogP contribution is 2.25. The van der Waals surface area contributed by atoms with E-state index in [-0.39, 0.29) is 6.10 Å². The van der Waals surface area contributed by atoms with Crippen molar-refractivity contribution in [3.8, 4) is 5.75 Å². The van der Waals surface area contributed by atoms with Gasteiger partial charge in [0, 0.05) is 16.6 Å². The minimum Gasteiger partial charge on any atom is -0.489 e. The predicted octanol–water partition coefficient (Wildman–Crippen LogP) is 4.64. The maximum atomic E-state index is 5.99. The van der Waals surface area contributed by atoms with Crippen molar-refractivity contribution in [2.75, 3.05) is 13.1 Å². The standard InChI is InChI=1S/C15H23Cl2NO/c1-10(2)8-18-9-15(11(3)4)19-14-6-12(16)5-13(17)7-14/h5-7,10-11,15,18H,8-9H2,1-4H3. The van der Waals surface area contributed by atoms with Crippen LogP contribution in [0.5, 0.6) is 5.75 Å². The fraction of sp³-hybridized carbons (Fsp3) is 0.600. The second-order valence-electron chi connectivity index (χ2n) is 5.56. The SMILES string of the molecule is CC(C)CNCC(Oc1cc(Cl)cc(Cl)c1)C(C)C. The van der Waals surface area contributed by atoms with Gasteiger partial charge in [0.05, 0.1) is 0 Å². The average molecular weight is 304 g/mol. The zero-order chi connectivity index (χ0) is 14.4. The summed E-state index contributed by atoms with van der Waals surface area (Å²) in [7, 11) is 0. The second-order valence-corrected chi connectivity index (χ2v) is 6.43. The monoisotopic (exact) mass is 303 g/mol. The van der Waals surface area contributed by atoms with E-state index < -0.39 is 0 Å². The van der Waals surface area contributed by atoms with Gasteiger partial charge in [0.1, 0.15) is 11.9 Å². The summed E-state index contributed by atoms with van der Waals surface area (Å²) in [6.45, 7) is 10.5. The largest absolute Gasteiger partial charge is 0.489 e. The lowest BCUT2D eigenvalue weighted by Crippen LogP contribution is -2.36. The minimum absolute atomic E-state index is 0.105. The van der Waals surface area contributed by atoms with Crippen LogP contribution in [0.3, 0.4) is 0 Å². The Morgan fingerprint density at radius 3 is 2.05 bits per heavy atom. The highest BCUT2D eigenvalue weighted by atomic mass is 35.5. The van der Waals surface area contributed by atoms with E-state index in [9.17, 15) is 0 Å². The third-order valence-corrected chi connectivity index (χ3v) is 3.20. The van der Waals surface area contributed by atoms with Gasteiger partial charge in [-0.3, -0.25) is 0 Å². The van der Waals surface area contributed by atoms with Gasteiger partial charge in [0.15, 0.2) is 0 Å². The molecule has 4 heteroatoms. The third-order valence-electron chi connectivity index (χ3n) is 2.77. The lowest BCUT2D eigenvalue weighted by molar-refractivity contribution is 0.148. The molecule has 0 bridgehead atoms. The van der Waals surface area contributed by atoms with E-state index >= 15 is 0 Å². The van der Waals surface area contributed by atoms with Crippen molar-refractivity contribution in [2.45, 2.75) is 33.8 Å². The van der Waals surface area contributed by atoms with E-state index in [4.69, 9.17) is 27.9 Å². The van der Waals surface area contributed by atoms with Gasteiger partial charge >= 0.3 is 0 Å². The van der Waals surface area contributed by atoms with Crippen molar-refractivity contribution in [1.82, 2.24) is 5.32 Å². The highest BCUT2D eigenvalue weighted by Gasteiger charge is 2.15. The van der Waals surface area contributed by atoms with Crippen molar-refractivity contribution < 1.29 is 4.74 Å². The van der Waals surface area contributed by atoms with Gasteiger partial charge in [-0.15, -0.1) is 0 Å². The molecule has 0 aliphatic carbocycles. The lowest BCUT2D eigenvalue weighted by atomic mass is 10.1. The summed E-state index contributed by atoms with van der Waals surface area (Å²) in [6, 6.07) is 5.30. The Morgan fingerprint density at radius 2 is 1.58 bits per heavy atom. The number of ether oxygens (including phenoxy) is 1. The van der Waals surface area contributed by atoms with Crippen LogP contribution in [-0.2, 0) is 0 Å². The van der Waals surface area contributed by atoms with Gasteiger partial charge in [0.25, 0.3) is 0 Å². The van der Waals surface area contributed by atoms with Crippen LogP contribution in [0.15, 0.2) is 18.2 Å². The summed E-state index contributed by atoms with van der Waals surface area (Å²) in [4.78, 5) is 0. The van der Waals surface area contributed by atoms with E-state index in [2.05, 4.69) is 33.0 Å². The Morgan fingerprint density at radius 1 is 1.00 bits per heavy atom. The molecular weight excluding hydrogens is 281 g/mol. The summed E-state index contributed by atoms with van der Waals surface area (Å²) < 4.78 is 5.99. The molecule has 19 heavy (non-hydrogen) atoms. The van der Waals surface area contributed by atoms with E-state index in [0.29, 0.717) is 21.9 Å². The summed E-state index contributed by atoms with van der Waals surface area (Å²) in [5, 5.41) is 4.62. The van der Waals surface area contributed by atoms with Crippen LogP contribution in [0.4, 0.5) is 0 Å². The normalized spacial score (nSPS) is 13.1. The number of halogens is 2. The predicted molar refractivity (Wildman–Crippen MR) is 83.4 cm³/mol. The van der Waals surface area contributed by atoms with Gasteiger partial charge in [-0.25, -0.2) is 0 Å². The maximum absolute atomic E-state index is 5.99. The van der Waals surface area contributed by atoms with Gasteiger partial charge in [-0.1, -0.05) is 50.9 Å². The molecule has 1 aromatic carbocycles. The van der Waals surface area contributed by atoms with E-state index in [0.717, 1.165) is 18.8 Å². The molecule has 1 aromatic rings. The molecule has 1 atom stereocenters. The molecule has 108 valence electrons. The van der Waals surface area contributed by atoms with Crippen LogP contribution in [0.25, 0.3) is 0 Å². The Hall–Kier alpha value is -0.440. The van der Waals surface area contributed by atoms with Crippen LogP contribution >= 0.6 is 23.2 Å². The molecule has 2 nitrogen and oxygen atoms in total. The molecular formula is C15H23Cl2NO. The molecule has 1 rings (SSSR count). The van der Waals surface area contributed by atoms with Crippen molar-refractivity contribution in [1.29, 1.82) is 0 Å². The van der Waals surface area contributed by atoms with E-state index in [1.54, 1.807) is 18.2 Å². The van der Waals surface area contributed by atoms with E-state index in [1.807, 2.05) is 0 Å². The second kappa shape index (κ2) is 7.98. The van der Waals surface area contributed by atoms with Gasteiger partial charge < -0.3 is 10.1 Å². The van der Waals surface area contributed by atoms with Gasteiger partial charge in [-0.05, 0) is 36.6 Å². The van der Waals surface area contributed by atoms with Crippen LogP contribution in [0.1, 0.15) is 27.7 Å². The number of rotatable bonds is 7. The maximum Gasteiger partial charge on any atom is 0.122 e. The molecule has 1 unspecified atom stereocenters. The fourth-order valence-electron chi connectivity index (χ4n) is 1.70. The van der Waals surface area contributed by atoms with Crippen LogP contribution in [-0.4, -0.2) is 19.2 Å². The van der Waals surface area contributed by atoms with Crippen LogP contribution in [0.2, 0.25) is 10.0 Å². The van der Waals surface area contributed by atoms with Crippen molar-refractivity contribution in [3.63, 3.8) is 0 Å². The molecule has 0 spiro atoms. The zero-order valence-electron chi connectivity index (χ0n) is 12.0. The third kappa shape index (κ3) is 6.51. The molecule has 0 saturated carbocycles. The summed E-state index contributed by atoms with van der Waals surface area (Å²) in [5.74, 6) is 1.77. The number of hydrogen-bond acceptors (Lipinski definition) is 2. The molecule has 0 heterocycles. The first kappa shape index (κ1) is 16.6. The van der Waals surface area contributed by atoms with Crippen LogP contribution < -0.4 is 10.1 Å². The Labute approximate surface area is 126 Å². The van der Waals surface area contributed by atoms with Crippen LogP contribution in [0, 0.1) is 11.8 Å². The highest BCUT2D eigenvalue weighted by molar-refractivity contribution is 6.34. The molecule has 0 aliphatic rings. The van der Waals surface area contributed by atoms with Crippen molar-refractivity contribution >= 4 is 23.2 Å². The van der Waals surface area contributed by atoms with Gasteiger partial charge in [0.2, 0.25) is 0 Å². The quantitative estimate of drug-likeness (QED) is 0.792. The van der Waals surface area contributed by atoms with Crippen molar-refractivity contribution in [3.05, 3.63) is 28.2 Å². The minimum atomic E-state index is 0.105. The first-order valence-electron chi connectivity index (χ1n) is 6.72. The molecule has 0 aromatic heterocycles. The average Bonchev–Trinajstić information content (AvgIpc) is 2.25. The van der Waals surface area contributed by atoms with E-state index in [1.165, 1.54) is 0 Å². The molecule has 0 fully saturated rings. The van der Waals surface area contributed by atoms with Crippen molar-refractivity contribution in [2.24, 2.45) is 11.8 Å². The summed E-state index contributed by atoms with van der Waals surface area (Å²) in [5.41, 5.74) is 0. The first-order chi connectivity index (χ1) is 8.88. The summed E-state index contributed by atoms with van der Waals surface area (Å²) >= 11 is 12.0. The Balaban J connectivity index is 2.62. The van der Waals surface area contributed by atoms with Gasteiger partial charge in [-0.2, -0.15) is 0 Å². The molecule has 0 saturated heterocycles. The molecule has 0 radical (unpaired) electrons. The molecule has 0 amide bonds. The molecule has 0 aliphatic heterocycles. The number of hydrogen-bond donors (Lipinski definition) is 1. The summed E-state index contributed by atoms with van der Waals surface area (Å²) in [6.07, 6.45) is 0.105. The smallest absolute Gasteiger partial charge is 0.122 e. The lowest BCUT2D eigenvalue weighted by Gasteiger charge is -2.24. The first-order valence-corrected chi connectivity index (χ1v) is 7.47. The molecule has 1 N–H and O–H groups in total. The Bertz CT molecular complexity index is 373. The number of nitrogens with one attached hydrogen (secondary N) is 1.